The van der Waals surface area contributed by atoms with E-state index in [1.807, 2.05) is 0 Å². The molecule has 0 unspecified atom stereocenters. The zero-order chi connectivity index (χ0) is 30.6. The highest BCUT2D eigenvalue weighted by Crippen LogP contribution is 2.65. The highest BCUT2D eigenvalue weighted by atomic mass is 16.7. The summed E-state index contributed by atoms with van der Waals surface area (Å²) in [5.41, 5.74) is 3.36. The normalized spacial score (nSPS) is 45.8. The van der Waals surface area contributed by atoms with Crippen molar-refractivity contribution in [3.8, 4) is 0 Å². The smallest absolute Gasteiger partial charge is 0.186 e. The van der Waals surface area contributed by atoms with E-state index in [9.17, 15) is 25.5 Å². The minimum atomic E-state index is -1.42. The van der Waals surface area contributed by atoms with Crippen LogP contribution in [0.15, 0.2) is 23.3 Å². The van der Waals surface area contributed by atoms with Gasteiger partial charge in [0.1, 0.15) is 24.4 Å². The Kier molecular flexibility index (Phi) is 9.73. The Morgan fingerprint density at radius 2 is 1.76 bits per heavy atom. The predicted octanol–water partition coefficient (Wildman–Crippen LogP) is 4.74. The van der Waals surface area contributed by atoms with Crippen LogP contribution in [0.25, 0.3) is 0 Å². The maximum atomic E-state index is 11.4. The number of aliphatic hydroxyl groups is 5. The highest BCUT2D eigenvalue weighted by Gasteiger charge is 2.56. The first kappa shape index (κ1) is 32.6. The van der Waals surface area contributed by atoms with Crippen LogP contribution in [0.1, 0.15) is 99.3 Å². The van der Waals surface area contributed by atoms with Gasteiger partial charge in [-0.15, -0.1) is 0 Å². The van der Waals surface area contributed by atoms with Crippen LogP contribution in [-0.2, 0) is 9.47 Å². The third kappa shape index (κ3) is 5.59. The van der Waals surface area contributed by atoms with Crippen LogP contribution in [0.4, 0.5) is 0 Å². The summed E-state index contributed by atoms with van der Waals surface area (Å²) in [5.74, 6) is 2.95. The number of rotatable bonds is 9. The zero-order valence-corrected chi connectivity index (χ0v) is 26.8. The molecule has 240 valence electrons. The van der Waals surface area contributed by atoms with Crippen molar-refractivity contribution in [2.24, 2.45) is 46.3 Å². The number of aliphatic hydroxyl groups excluding tert-OH is 5. The largest absolute Gasteiger partial charge is 0.394 e. The standard InChI is InChI=1S/C35H58O7/c1-7-21(19(2)3)16-28(37)20(4)25-10-11-26-24-9-8-22-17-23(12-14-34(22,5)27(24)13-15-35(25,26)6)41-33-32(40)31(39)30(38)29(18-36)42-33/h9,13,19-23,25-26,28-33,36-40H,7-8,10-12,14-18H2,1-6H3/t20-,21+,22-,23-,25+,26-,28+,29+,30-,31-,32+,33+,34-,35+/m0/s1. The molecule has 2 saturated carbocycles. The van der Waals surface area contributed by atoms with Crippen LogP contribution >= 0.6 is 0 Å². The quantitative estimate of drug-likeness (QED) is 0.263. The Morgan fingerprint density at radius 3 is 2.43 bits per heavy atom. The van der Waals surface area contributed by atoms with Crippen molar-refractivity contribution >= 4 is 0 Å². The van der Waals surface area contributed by atoms with E-state index in [2.05, 4.69) is 53.7 Å². The lowest BCUT2D eigenvalue weighted by atomic mass is 9.51. The second-order valence-electron chi connectivity index (χ2n) is 15.4. The molecule has 5 N–H and O–H groups in total. The van der Waals surface area contributed by atoms with Gasteiger partial charge in [0, 0.05) is 0 Å². The first-order valence-electron chi connectivity index (χ1n) is 16.9. The molecule has 4 aliphatic carbocycles. The molecule has 7 nitrogen and oxygen atoms in total. The molecule has 0 aromatic carbocycles. The molecule has 1 aliphatic heterocycles. The van der Waals surface area contributed by atoms with Gasteiger partial charge in [0.25, 0.3) is 0 Å². The Balaban J connectivity index is 1.27. The SMILES string of the molecule is CC[C@H](C[C@@H](O)[C@@H](C)[C@H]1CC[C@H]2C3=CC[C@H]4C[C@@H](O[C@@H]5O[C@H](CO)[C@H](O)[C@H](O)[C@H]5O)CC[C@]4(C)C3=CC[C@]12C)C(C)C. The van der Waals surface area contributed by atoms with Crippen molar-refractivity contribution in [1.82, 2.24) is 0 Å². The summed E-state index contributed by atoms with van der Waals surface area (Å²) >= 11 is 0. The van der Waals surface area contributed by atoms with Gasteiger partial charge in [-0.3, -0.25) is 0 Å². The number of fused-ring (bicyclic) bond motifs is 5. The molecular weight excluding hydrogens is 532 g/mol. The number of allylic oxidation sites excluding steroid dienone is 4. The van der Waals surface area contributed by atoms with Gasteiger partial charge in [0.05, 0.1) is 18.8 Å². The second kappa shape index (κ2) is 12.5. The summed E-state index contributed by atoms with van der Waals surface area (Å²) in [4.78, 5) is 0. The van der Waals surface area contributed by atoms with Gasteiger partial charge in [-0.05, 0) is 109 Å². The van der Waals surface area contributed by atoms with Crippen LogP contribution in [-0.4, -0.2) is 75.1 Å². The Bertz CT molecular complexity index is 1010. The van der Waals surface area contributed by atoms with E-state index in [0.717, 1.165) is 44.9 Å². The number of hydrogen-bond acceptors (Lipinski definition) is 7. The Labute approximate surface area is 253 Å². The van der Waals surface area contributed by atoms with Crippen LogP contribution < -0.4 is 0 Å². The highest BCUT2D eigenvalue weighted by molar-refractivity contribution is 5.46. The van der Waals surface area contributed by atoms with Crippen LogP contribution in [0.3, 0.4) is 0 Å². The third-order valence-electron chi connectivity index (χ3n) is 12.9. The molecule has 7 heteroatoms. The second-order valence-corrected chi connectivity index (χ2v) is 15.4. The molecule has 5 rings (SSSR count). The average molecular weight is 591 g/mol. The van der Waals surface area contributed by atoms with E-state index >= 15 is 0 Å². The van der Waals surface area contributed by atoms with Crippen molar-refractivity contribution in [3.05, 3.63) is 23.3 Å². The molecule has 0 aromatic heterocycles. The van der Waals surface area contributed by atoms with E-state index < -0.39 is 37.3 Å². The molecule has 3 fully saturated rings. The van der Waals surface area contributed by atoms with E-state index in [-0.39, 0.29) is 23.0 Å². The van der Waals surface area contributed by atoms with Gasteiger partial charge in [-0.2, -0.15) is 0 Å². The molecule has 0 bridgehead atoms. The van der Waals surface area contributed by atoms with Gasteiger partial charge < -0.3 is 35.0 Å². The summed E-state index contributed by atoms with van der Waals surface area (Å²) in [6.07, 6.45) is 7.66. The zero-order valence-electron chi connectivity index (χ0n) is 26.8. The monoisotopic (exact) mass is 590 g/mol. The molecule has 1 heterocycles. The molecule has 0 spiro atoms. The van der Waals surface area contributed by atoms with Crippen molar-refractivity contribution in [3.63, 3.8) is 0 Å². The Morgan fingerprint density at radius 1 is 1.02 bits per heavy atom. The molecule has 42 heavy (non-hydrogen) atoms. The predicted molar refractivity (Wildman–Crippen MR) is 162 cm³/mol. The van der Waals surface area contributed by atoms with Gasteiger partial charge >= 0.3 is 0 Å². The number of hydrogen-bond donors (Lipinski definition) is 5. The van der Waals surface area contributed by atoms with Crippen LogP contribution in [0.5, 0.6) is 0 Å². The van der Waals surface area contributed by atoms with Crippen molar-refractivity contribution in [2.45, 2.75) is 142 Å². The van der Waals surface area contributed by atoms with Gasteiger partial charge in [-0.25, -0.2) is 0 Å². The van der Waals surface area contributed by atoms with Crippen LogP contribution in [0, 0.1) is 46.3 Å². The lowest BCUT2D eigenvalue weighted by molar-refractivity contribution is -0.314. The molecule has 0 amide bonds. The summed E-state index contributed by atoms with van der Waals surface area (Å²) < 4.78 is 11.9. The fourth-order valence-electron chi connectivity index (χ4n) is 9.91. The van der Waals surface area contributed by atoms with Crippen molar-refractivity contribution in [1.29, 1.82) is 0 Å². The molecule has 5 aliphatic rings. The maximum absolute atomic E-state index is 11.4. The summed E-state index contributed by atoms with van der Waals surface area (Å²) in [6, 6.07) is 0. The first-order valence-corrected chi connectivity index (χ1v) is 16.9. The number of ether oxygens (including phenoxy) is 2. The third-order valence-corrected chi connectivity index (χ3v) is 12.9. The van der Waals surface area contributed by atoms with Crippen molar-refractivity contribution in [2.75, 3.05) is 6.61 Å². The van der Waals surface area contributed by atoms with E-state index in [1.54, 1.807) is 5.57 Å². The minimum Gasteiger partial charge on any atom is -0.394 e. The maximum Gasteiger partial charge on any atom is 0.186 e. The van der Waals surface area contributed by atoms with Gasteiger partial charge in [-0.1, -0.05) is 60.1 Å². The minimum absolute atomic E-state index is 0.0789. The molecule has 14 atom stereocenters. The summed E-state index contributed by atoms with van der Waals surface area (Å²) in [5, 5.41) is 51.8. The van der Waals surface area contributed by atoms with Crippen molar-refractivity contribution < 1.29 is 35.0 Å². The molecule has 0 radical (unpaired) electrons. The molecular formula is C35H58O7. The van der Waals surface area contributed by atoms with Crippen LogP contribution in [0.2, 0.25) is 0 Å². The summed E-state index contributed by atoms with van der Waals surface area (Å²) in [6.45, 7) is 13.6. The fraction of sp³-hybridized carbons (Fsp3) is 0.886. The van der Waals surface area contributed by atoms with E-state index in [4.69, 9.17) is 9.47 Å². The first-order chi connectivity index (χ1) is 19.8. The molecule has 0 aromatic rings. The van der Waals surface area contributed by atoms with E-state index in [0.29, 0.717) is 35.5 Å². The lowest BCUT2D eigenvalue weighted by Gasteiger charge is -2.54. The van der Waals surface area contributed by atoms with Gasteiger partial charge in [0.2, 0.25) is 0 Å². The topological polar surface area (TPSA) is 120 Å². The summed E-state index contributed by atoms with van der Waals surface area (Å²) in [7, 11) is 0. The van der Waals surface area contributed by atoms with E-state index in [1.165, 1.54) is 18.4 Å². The Hall–Kier alpha value is -0.800. The van der Waals surface area contributed by atoms with Gasteiger partial charge in [0.15, 0.2) is 6.29 Å². The fourth-order valence-corrected chi connectivity index (χ4v) is 9.91. The lowest BCUT2D eigenvalue weighted by Crippen LogP contribution is -2.60. The average Bonchev–Trinajstić information content (AvgIpc) is 3.32. The molecule has 1 saturated heterocycles.